The molecule has 4 heterocycles. The number of ether oxygens (including phenoxy) is 1. The van der Waals surface area contributed by atoms with Gasteiger partial charge in [0.1, 0.15) is 47.1 Å². The van der Waals surface area contributed by atoms with E-state index in [4.69, 9.17) is 4.74 Å². The van der Waals surface area contributed by atoms with Crippen LogP contribution in [0.2, 0.25) is 0 Å². The average Bonchev–Trinajstić information content (AvgIpc) is 3.52. The number of amides is 2. The molecule has 11 heteroatoms. The summed E-state index contributed by atoms with van der Waals surface area (Å²) in [6, 6.07) is 10.9. The standard InChI is InChI=1S/C30H31F2N7O2/c1-19-15-20(36-29-22-16-27(38-11-2-3-12-38)33-17-25(22)34-18-35-29)7-8-26(19)41-21-9-13-39(14-10-21)30(40)37-28-23(31)5-4-6-24(28)32/h4-8,15-18,21H,2-3,9-14H2,1H3,(H,37,40)(H,34,35,36). The number of pyridine rings is 1. The second-order valence-electron chi connectivity index (χ2n) is 10.4. The Labute approximate surface area is 236 Å². The van der Waals surface area contributed by atoms with Crippen molar-refractivity contribution in [3.05, 3.63) is 72.2 Å². The molecule has 2 aromatic carbocycles. The maximum absolute atomic E-state index is 13.9. The molecule has 2 N–H and O–H groups in total. The van der Waals surface area contributed by atoms with E-state index < -0.39 is 23.4 Å². The van der Waals surface area contributed by atoms with Crippen LogP contribution < -0.4 is 20.3 Å². The molecule has 0 saturated carbocycles. The Morgan fingerprint density at radius 2 is 1.73 bits per heavy atom. The van der Waals surface area contributed by atoms with Crippen LogP contribution in [0.15, 0.2) is 55.0 Å². The SMILES string of the molecule is Cc1cc(Nc2ncnc3cnc(N4CCCC4)cc23)ccc1OC1CCN(C(=O)Nc2c(F)cccc2F)CC1. The summed E-state index contributed by atoms with van der Waals surface area (Å²) in [7, 11) is 0. The summed E-state index contributed by atoms with van der Waals surface area (Å²) in [5.41, 5.74) is 2.18. The van der Waals surface area contributed by atoms with Gasteiger partial charge in [-0.1, -0.05) is 6.07 Å². The summed E-state index contributed by atoms with van der Waals surface area (Å²) in [5.74, 6) is 0.811. The van der Waals surface area contributed by atoms with E-state index in [1.54, 1.807) is 11.1 Å². The van der Waals surface area contributed by atoms with Crippen molar-refractivity contribution in [1.82, 2.24) is 19.9 Å². The van der Waals surface area contributed by atoms with Gasteiger partial charge in [-0.25, -0.2) is 28.5 Å². The summed E-state index contributed by atoms with van der Waals surface area (Å²) < 4.78 is 34.1. The number of para-hydroxylation sites is 1. The number of halogens is 2. The molecule has 41 heavy (non-hydrogen) atoms. The van der Waals surface area contributed by atoms with Gasteiger partial charge in [0.25, 0.3) is 0 Å². The van der Waals surface area contributed by atoms with Crippen LogP contribution in [0.1, 0.15) is 31.2 Å². The van der Waals surface area contributed by atoms with Gasteiger partial charge in [0, 0.05) is 50.1 Å². The van der Waals surface area contributed by atoms with Gasteiger partial charge in [-0.3, -0.25) is 0 Å². The number of anilines is 4. The van der Waals surface area contributed by atoms with Gasteiger partial charge in [0.15, 0.2) is 0 Å². The minimum absolute atomic E-state index is 0.0796. The molecule has 2 aromatic heterocycles. The third-order valence-corrected chi connectivity index (χ3v) is 7.59. The highest BCUT2D eigenvalue weighted by atomic mass is 19.1. The topological polar surface area (TPSA) is 95.5 Å². The van der Waals surface area contributed by atoms with Gasteiger partial charge in [-0.2, -0.15) is 0 Å². The number of urea groups is 1. The Hall–Kier alpha value is -4.54. The van der Waals surface area contributed by atoms with Gasteiger partial charge < -0.3 is 25.2 Å². The van der Waals surface area contributed by atoms with Crippen molar-refractivity contribution in [2.24, 2.45) is 0 Å². The summed E-state index contributed by atoms with van der Waals surface area (Å²) in [5, 5.41) is 6.69. The number of hydrogen-bond acceptors (Lipinski definition) is 7. The zero-order chi connectivity index (χ0) is 28.3. The second kappa shape index (κ2) is 11.5. The van der Waals surface area contributed by atoms with Gasteiger partial charge in [0.2, 0.25) is 0 Å². The molecule has 4 aromatic rings. The maximum Gasteiger partial charge on any atom is 0.322 e. The van der Waals surface area contributed by atoms with E-state index in [-0.39, 0.29) is 6.10 Å². The molecule has 0 unspecified atom stereocenters. The monoisotopic (exact) mass is 559 g/mol. The molecular weight excluding hydrogens is 528 g/mol. The van der Waals surface area contributed by atoms with Gasteiger partial charge in [0.05, 0.1) is 11.7 Å². The average molecular weight is 560 g/mol. The molecular formula is C30H31F2N7O2. The summed E-state index contributed by atoms with van der Waals surface area (Å²) >= 11 is 0. The van der Waals surface area contributed by atoms with Gasteiger partial charge in [-0.05, 0) is 61.7 Å². The molecule has 2 fully saturated rings. The summed E-state index contributed by atoms with van der Waals surface area (Å²) in [4.78, 5) is 29.9. The Bertz CT molecular complexity index is 1550. The van der Waals surface area contributed by atoms with E-state index in [2.05, 4.69) is 30.5 Å². The highest BCUT2D eigenvalue weighted by Gasteiger charge is 2.25. The van der Waals surface area contributed by atoms with Crippen molar-refractivity contribution in [3.8, 4) is 5.75 Å². The molecule has 0 aliphatic carbocycles. The van der Waals surface area contributed by atoms with Crippen molar-refractivity contribution < 1.29 is 18.3 Å². The maximum atomic E-state index is 13.9. The zero-order valence-electron chi connectivity index (χ0n) is 22.7. The normalized spacial score (nSPS) is 15.8. The number of carbonyl (C=O) groups excluding carboxylic acids is 1. The molecule has 2 saturated heterocycles. The predicted octanol–water partition coefficient (Wildman–Crippen LogP) is 6.03. The molecule has 0 spiro atoms. The quantitative estimate of drug-likeness (QED) is 0.298. The Balaban J connectivity index is 1.08. The number of aromatic nitrogens is 3. The Morgan fingerprint density at radius 1 is 0.976 bits per heavy atom. The lowest BCUT2D eigenvalue weighted by Gasteiger charge is -2.32. The number of carbonyl (C=O) groups is 1. The van der Waals surface area contributed by atoms with Gasteiger partial charge >= 0.3 is 6.03 Å². The van der Waals surface area contributed by atoms with Crippen molar-refractivity contribution in [2.75, 3.05) is 41.7 Å². The van der Waals surface area contributed by atoms with E-state index in [0.717, 1.165) is 58.9 Å². The van der Waals surface area contributed by atoms with Crippen LogP contribution in [0.25, 0.3) is 10.9 Å². The first kappa shape index (κ1) is 26.7. The largest absolute Gasteiger partial charge is 0.490 e. The lowest BCUT2D eigenvalue weighted by atomic mass is 10.1. The van der Waals surface area contributed by atoms with Crippen molar-refractivity contribution in [3.63, 3.8) is 0 Å². The molecule has 2 aliphatic rings. The number of aryl methyl sites for hydroxylation is 1. The van der Waals surface area contributed by atoms with Crippen LogP contribution in [0.5, 0.6) is 5.75 Å². The third-order valence-electron chi connectivity index (χ3n) is 7.59. The Morgan fingerprint density at radius 3 is 2.46 bits per heavy atom. The number of rotatable bonds is 6. The molecule has 212 valence electrons. The summed E-state index contributed by atoms with van der Waals surface area (Å²) in [6.07, 6.45) is 6.81. The molecule has 0 bridgehead atoms. The molecule has 0 atom stereocenters. The lowest BCUT2D eigenvalue weighted by molar-refractivity contribution is 0.115. The fraction of sp³-hybridized carbons (Fsp3) is 0.333. The van der Waals surface area contributed by atoms with Crippen LogP contribution in [-0.2, 0) is 0 Å². The predicted molar refractivity (Wildman–Crippen MR) is 154 cm³/mol. The second-order valence-corrected chi connectivity index (χ2v) is 10.4. The van der Waals surface area contributed by atoms with Crippen molar-refractivity contribution >= 4 is 39.9 Å². The molecule has 2 amide bonds. The number of nitrogens with one attached hydrogen (secondary N) is 2. The highest BCUT2D eigenvalue weighted by molar-refractivity contribution is 5.92. The number of piperidine rings is 1. The number of likely N-dealkylation sites (tertiary alicyclic amines) is 1. The lowest BCUT2D eigenvalue weighted by Crippen LogP contribution is -2.44. The zero-order valence-corrected chi connectivity index (χ0v) is 22.7. The number of benzene rings is 2. The van der Waals surface area contributed by atoms with Crippen LogP contribution in [0, 0.1) is 18.6 Å². The third kappa shape index (κ3) is 5.84. The van der Waals surface area contributed by atoms with E-state index in [0.29, 0.717) is 31.7 Å². The first-order valence-corrected chi connectivity index (χ1v) is 13.8. The van der Waals surface area contributed by atoms with Crippen LogP contribution in [0.3, 0.4) is 0 Å². The van der Waals surface area contributed by atoms with E-state index >= 15 is 0 Å². The van der Waals surface area contributed by atoms with E-state index in [1.165, 1.54) is 25.2 Å². The number of hydrogen-bond donors (Lipinski definition) is 2. The van der Waals surface area contributed by atoms with Crippen LogP contribution >= 0.6 is 0 Å². The van der Waals surface area contributed by atoms with E-state index in [1.807, 2.05) is 31.2 Å². The van der Waals surface area contributed by atoms with Gasteiger partial charge in [-0.15, -0.1) is 0 Å². The van der Waals surface area contributed by atoms with Crippen molar-refractivity contribution in [1.29, 1.82) is 0 Å². The minimum atomic E-state index is -0.804. The highest BCUT2D eigenvalue weighted by Crippen LogP contribution is 2.30. The molecule has 0 radical (unpaired) electrons. The molecule has 9 nitrogen and oxygen atoms in total. The van der Waals surface area contributed by atoms with E-state index in [9.17, 15) is 13.6 Å². The summed E-state index contributed by atoms with van der Waals surface area (Å²) in [6.45, 7) is 4.84. The fourth-order valence-electron chi connectivity index (χ4n) is 5.32. The van der Waals surface area contributed by atoms with Crippen LogP contribution in [-0.4, -0.2) is 58.2 Å². The fourth-order valence-corrected chi connectivity index (χ4v) is 5.32. The number of fused-ring (bicyclic) bond motifs is 1. The molecule has 2 aliphatic heterocycles. The minimum Gasteiger partial charge on any atom is -0.490 e. The smallest absolute Gasteiger partial charge is 0.322 e. The number of nitrogens with zero attached hydrogens (tertiary/aromatic N) is 5. The first-order chi connectivity index (χ1) is 19.9. The molecule has 6 rings (SSSR count). The van der Waals surface area contributed by atoms with Crippen LogP contribution in [0.4, 0.5) is 36.6 Å². The van der Waals surface area contributed by atoms with Crippen molar-refractivity contribution in [2.45, 2.75) is 38.7 Å². The first-order valence-electron chi connectivity index (χ1n) is 13.8. The Kier molecular flexibility index (Phi) is 7.49.